The van der Waals surface area contributed by atoms with Gasteiger partial charge < -0.3 is 6.15 Å². The molecule has 0 unspecified atom stereocenters. The number of hydrogen-bond donors (Lipinski definition) is 1. The molecule has 3 heteroatoms. The average molecular weight is 505 g/mol. The van der Waals surface area contributed by atoms with Crippen LogP contribution in [0.3, 0.4) is 0 Å². The van der Waals surface area contributed by atoms with Crippen LogP contribution in [0, 0.1) is 0 Å². The number of hydrogen-bond acceptors (Lipinski definition) is 1. The van der Waals surface area contributed by atoms with Gasteiger partial charge in [0, 0.05) is 39.6 Å². The summed E-state index contributed by atoms with van der Waals surface area (Å²) in [7, 11) is 0. The molecule has 0 spiro atoms. The average Bonchev–Trinajstić information content (AvgIpc) is 2.56. The molecule has 0 saturated heterocycles. The van der Waals surface area contributed by atoms with Crippen LogP contribution in [0.25, 0.3) is 0 Å². The fourth-order valence-corrected chi connectivity index (χ4v) is 3.07. The summed E-state index contributed by atoms with van der Waals surface area (Å²) in [6.45, 7) is 3.47. The van der Waals surface area contributed by atoms with Crippen molar-refractivity contribution < 1.29 is 25.6 Å². The van der Waals surface area contributed by atoms with Gasteiger partial charge in [-0.1, -0.05) is 90.0 Å². The van der Waals surface area contributed by atoms with Gasteiger partial charge in [-0.05, 0) is 6.42 Å². The summed E-state index contributed by atoms with van der Waals surface area (Å²) < 4.78 is 2.29. The number of pyridine rings is 1. The van der Waals surface area contributed by atoms with Crippen LogP contribution in [0.2, 0.25) is 0 Å². The predicted molar refractivity (Wildman–Crippen MR) is 102 cm³/mol. The van der Waals surface area contributed by atoms with E-state index in [0.717, 1.165) is 0 Å². The second kappa shape index (κ2) is 20.8. The van der Waals surface area contributed by atoms with Crippen molar-refractivity contribution in [2.24, 2.45) is 0 Å². The Morgan fingerprint density at radius 3 is 1.33 bits per heavy atom. The first-order chi connectivity index (χ1) is 10.9. The van der Waals surface area contributed by atoms with Crippen molar-refractivity contribution in [3.63, 3.8) is 0 Å². The number of nitrogens with zero attached hydrogens (tertiary/aromatic N) is 1. The quantitative estimate of drug-likeness (QED) is 0.211. The maximum Gasteiger partial charge on any atom is 0.168 e. The molecule has 1 aromatic heterocycles. The van der Waals surface area contributed by atoms with E-state index in [2.05, 4.69) is 42.1 Å². The Labute approximate surface area is 165 Å². The van der Waals surface area contributed by atoms with Gasteiger partial charge in [0.1, 0.15) is 6.54 Å². The van der Waals surface area contributed by atoms with Gasteiger partial charge in [0.2, 0.25) is 0 Å². The Morgan fingerprint density at radius 2 is 0.917 bits per heavy atom. The molecule has 0 radical (unpaired) electrons. The monoisotopic (exact) mass is 505 g/mol. The molecule has 1 aromatic rings. The van der Waals surface area contributed by atoms with Crippen LogP contribution in [0.4, 0.5) is 0 Å². The summed E-state index contributed by atoms with van der Waals surface area (Å²) in [5.41, 5.74) is 0. The summed E-state index contributed by atoms with van der Waals surface area (Å²) in [5.74, 6) is 0. The molecule has 0 bridgehead atoms. The van der Waals surface area contributed by atoms with Crippen molar-refractivity contribution in [2.45, 2.75) is 103 Å². The molecule has 0 atom stereocenters. The topological polar surface area (TPSA) is 38.9 Å². The van der Waals surface area contributed by atoms with Crippen molar-refractivity contribution >= 4 is 0 Å². The van der Waals surface area contributed by atoms with E-state index in [1.54, 1.807) is 0 Å². The van der Waals surface area contributed by atoms with Gasteiger partial charge in [-0.3, -0.25) is 0 Å². The first-order valence-corrected chi connectivity index (χ1v) is 9.87. The van der Waals surface area contributed by atoms with E-state index >= 15 is 0 Å². The maximum atomic E-state index is 2.29. The molecule has 0 aromatic carbocycles. The molecule has 0 aliphatic heterocycles. The number of aryl methyl sites for hydroxylation is 1. The first-order valence-electron chi connectivity index (χ1n) is 9.87. The number of rotatable bonds is 15. The standard InChI is InChI=1S/C21H38N.H3N.W/c1-2-3-4-5-6-7-8-9-10-11-12-13-14-16-19-22-20-17-15-18-21-22;;/h15,17-18,20-21H,2-14,16,19H2,1H3;1H3;/q+1;;. The van der Waals surface area contributed by atoms with Gasteiger partial charge >= 0.3 is 0 Å². The van der Waals surface area contributed by atoms with Crippen molar-refractivity contribution in [3.8, 4) is 0 Å². The molecule has 2 nitrogen and oxygen atoms in total. The van der Waals surface area contributed by atoms with Crippen LogP contribution in [-0.4, -0.2) is 0 Å². The summed E-state index contributed by atoms with van der Waals surface area (Å²) in [6.07, 6.45) is 24.4. The SMILES string of the molecule is CCCCCCCCCCCCCCCC[n+]1ccccc1.N.[W]. The smallest absolute Gasteiger partial charge is 0.168 e. The number of aromatic nitrogens is 1. The summed E-state index contributed by atoms with van der Waals surface area (Å²) in [6, 6.07) is 6.31. The van der Waals surface area contributed by atoms with E-state index in [1.807, 2.05) is 0 Å². The molecule has 3 N–H and O–H groups in total. The minimum atomic E-state index is 0. The van der Waals surface area contributed by atoms with Gasteiger partial charge in [0.05, 0.1) is 0 Å². The van der Waals surface area contributed by atoms with Crippen LogP contribution >= 0.6 is 0 Å². The molecule has 0 aliphatic carbocycles. The first kappa shape index (κ1) is 26.0. The zero-order valence-corrected chi connectivity index (χ0v) is 19.0. The van der Waals surface area contributed by atoms with Gasteiger partial charge in [-0.2, -0.15) is 0 Å². The molecule has 0 saturated carbocycles. The zero-order valence-electron chi connectivity index (χ0n) is 16.1. The third-order valence-corrected chi connectivity index (χ3v) is 4.55. The Bertz CT molecular complexity index is 330. The van der Waals surface area contributed by atoms with Crippen molar-refractivity contribution in [3.05, 3.63) is 30.6 Å². The molecule has 0 amide bonds. The van der Waals surface area contributed by atoms with E-state index in [1.165, 1.54) is 96.4 Å². The van der Waals surface area contributed by atoms with E-state index in [0.29, 0.717) is 0 Å². The fourth-order valence-electron chi connectivity index (χ4n) is 3.07. The number of unbranched alkanes of at least 4 members (excludes halogenated alkanes) is 13. The van der Waals surface area contributed by atoms with Gasteiger partial charge in [-0.15, -0.1) is 0 Å². The molecule has 24 heavy (non-hydrogen) atoms. The minimum Gasteiger partial charge on any atom is -0.344 e. The Kier molecular flexibility index (Phi) is 22.6. The third kappa shape index (κ3) is 16.6. The van der Waals surface area contributed by atoms with E-state index in [4.69, 9.17) is 0 Å². The second-order valence-electron chi connectivity index (χ2n) is 6.71. The van der Waals surface area contributed by atoms with E-state index in [-0.39, 0.29) is 27.2 Å². The molecule has 0 fully saturated rings. The minimum absolute atomic E-state index is 0. The molecule has 1 heterocycles. The Hall–Kier alpha value is -0.202. The van der Waals surface area contributed by atoms with Crippen LogP contribution in [0.15, 0.2) is 30.6 Å². The van der Waals surface area contributed by atoms with Crippen LogP contribution < -0.4 is 10.7 Å². The van der Waals surface area contributed by atoms with Crippen LogP contribution in [0.5, 0.6) is 0 Å². The van der Waals surface area contributed by atoms with Crippen molar-refractivity contribution in [1.82, 2.24) is 6.15 Å². The summed E-state index contributed by atoms with van der Waals surface area (Å²) in [4.78, 5) is 0. The van der Waals surface area contributed by atoms with Gasteiger partial charge in [0.25, 0.3) is 0 Å². The maximum absolute atomic E-state index is 2.29. The second-order valence-corrected chi connectivity index (χ2v) is 6.71. The fraction of sp³-hybridized carbons (Fsp3) is 0.762. The van der Waals surface area contributed by atoms with Crippen LogP contribution in [-0.2, 0) is 27.6 Å². The zero-order chi connectivity index (χ0) is 15.7. The van der Waals surface area contributed by atoms with Crippen LogP contribution in [0.1, 0.15) is 96.8 Å². The summed E-state index contributed by atoms with van der Waals surface area (Å²) >= 11 is 0. The van der Waals surface area contributed by atoms with Crippen molar-refractivity contribution in [2.75, 3.05) is 0 Å². The van der Waals surface area contributed by atoms with Gasteiger partial charge in [0.15, 0.2) is 12.4 Å². The molecule has 0 aliphatic rings. The Morgan fingerprint density at radius 1 is 0.542 bits per heavy atom. The Balaban J connectivity index is 0. The summed E-state index contributed by atoms with van der Waals surface area (Å²) in [5, 5.41) is 0. The molecular formula is C21H41N2W+. The van der Waals surface area contributed by atoms with Gasteiger partial charge in [-0.25, -0.2) is 4.57 Å². The third-order valence-electron chi connectivity index (χ3n) is 4.55. The van der Waals surface area contributed by atoms with E-state index < -0.39 is 0 Å². The van der Waals surface area contributed by atoms with Crippen molar-refractivity contribution in [1.29, 1.82) is 0 Å². The molecule has 1 rings (SSSR count). The predicted octanol–water partition coefficient (Wildman–Crippen LogP) is 6.61. The molecular weight excluding hydrogens is 464 g/mol. The normalized spacial score (nSPS) is 10.0. The van der Waals surface area contributed by atoms with E-state index in [9.17, 15) is 0 Å². The largest absolute Gasteiger partial charge is 0.344 e. The molecule has 140 valence electrons.